The molecule has 11 heteroatoms. The lowest BCUT2D eigenvalue weighted by Crippen LogP contribution is -2.61. The third kappa shape index (κ3) is 44.0. The lowest BCUT2D eigenvalue weighted by molar-refractivity contribution is -0.305. The van der Waals surface area contributed by atoms with Crippen molar-refractivity contribution < 1.29 is 49.3 Å². The van der Waals surface area contributed by atoms with Crippen LogP contribution in [0.15, 0.2) is 60.8 Å². The fourth-order valence-corrected chi connectivity index (χ4v) is 10.4. The van der Waals surface area contributed by atoms with E-state index in [-0.39, 0.29) is 13.0 Å². The Hall–Kier alpha value is -2.64. The molecule has 1 aliphatic heterocycles. The first-order valence-electron chi connectivity index (χ1n) is 33.6. The molecule has 466 valence electrons. The summed E-state index contributed by atoms with van der Waals surface area (Å²) in [5.41, 5.74) is 0. The van der Waals surface area contributed by atoms with Gasteiger partial charge in [-0.3, -0.25) is 9.59 Å². The highest BCUT2D eigenvalue weighted by molar-refractivity contribution is 5.80. The number of aliphatic hydroxyl groups excluding tert-OH is 5. The standard InChI is InChI=1S/C69H125NO10/c1-4-7-10-13-16-19-22-24-26-27-28-29-30-31-32-33-34-35-36-37-38-41-44-47-50-53-56-62(73)68(77)70-60(61(72)55-52-49-46-43-40-21-18-15-12-9-6-3)59-78-69-67(66(76)65(75)63(58-71)79-69)80-64(74)57-54-51-48-45-42-39-25-23-20-17-14-11-8-5-2/h8,11,16-17,19-20,24,26,52,55,60-63,65-67,69,71-73,75-76H,4-7,9-10,12-15,18,21-23,25,27-51,53-54,56-59H2,1-3H3,(H,70,77)/b11-8+,19-16-,20-17+,26-24-,55-52+. The minimum Gasteiger partial charge on any atom is -0.454 e. The van der Waals surface area contributed by atoms with Gasteiger partial charge < -0.3 is 45.1 Å². The molecule has 8 atom stereocenters. The van der Waals surface area contributed by atoms with Crippen LogP contribution in [0.5, 0.6) is 0 Å². The van der Waals surface area contributed by atoms with E-state index in [1.165, 1.54) is 167 Å². The van der Waals surface area contributed by atoms with Crippen LogP contribution in [0.2, 0.25) is 0 Å². The number of nitrogens with one attached hydrogen (secondary N) is 1. The number of ether oxygens (including phenoxy) is 3. The summed E-state index contributed by atoms with van der Waals surface area (Å²) in [7, 11) is 0. The Morgan fingerprint density at radius 2 is 0.900 bits per heavy atom. The van der Waals surface area contributed by atoms with Crippen molar-refractivity contribution in [3.8, 4) is 0 Å². The smallest absolute Gasteiger partial charge is 0.306 e. The second-order valence-corrected chi connectivity index (χ2v) is 23.2. The number of unbranched alkanes of at least 4 members (excludes halogenated alkanes) is 35. The quantitative estimate of drug-likeness (QED) is 0.0195. The fourth-order valence-electron chi connectivity index (χ4n) is 10.4. The van der Waals surface area contributed by atoms with Crippen LogP contribution >= 0.6 is 0 Å². The molecule has 0 aromatic heterocycles. The molecule has 0 aromatic rings. The number of rotatable bonds is 57. The molecule has 0 spiro atoms. The second-order valence-electron chi connectivity index (χ2n) is 23.2. The number of carbonyl (C=O) groups is 2. The number of hydrogen-bond donors (Lipinski definition) is 6. The van der Waals surface area contributed by atoms with Gasteiger partial charge >= 0.3 is 5.97 Å². The van der Waals surface area contributed by atoms with Crippen molar-refractivity contribution in [1.29, 1.82) is 0 Å². The minimum atomic E-state index is -1.62. The lowest BCUT2D eigenvalue weighted by atomic mass is 9.99. The first-order chi connectivity index (χ1) is 39.2. The molecular weight excluding hydrogens is 1000 g/mol. The summed E-state index contributed by atoms with van der Waals surface area (Å²) in [4.78, 5) is 26.6. The van der Waals surface area contributed by atoms with Crippen molar-refractivity contribution >= 4 is 11.9 Å². The van der Waals surface area contributed by atoms with Gasteiger partial charge in [0.2, 0.25) is 5.91 Å². The predicted octanol–water partition coefficient (Wildman–Crippen LogP) is 16.6. The van der Waals surface area contributed by atoms with Crippen LogP contribution in [-0.2, 0) is 23.8 Å². The second kappa shape index (κ2) is 56.8. The van der Waals surface area contributed by atoms with Crippen LogP contribution in [-0.4, -0.2) is 99.6 Å². The maximum atomic E-state index is 13.5. The Bertz CT molecular complexity index is 1530. The zero-order chi connectivity index (χ0) is 58.2. The predicted molar refractivity (Wildman–Crippen MR) is 333 cm³/mol. The number of aliphatic hydroxyl groups is 5. The van der Waals surface area contributed by atoms with Gasteiger partial charge in [-0.05, 0) is 83.5 Å². The maximum Gasteiger partial charge on any atom is 0.306 e. The first-order valence-corrected chi connectivity index (χ1v) is 33.6. The third-order valence-corrected chi connectivity index (χ3v) is 15.7. The van der Waals surface area contributed by atoms with Crippen molar-refractivity contribution in [3.63, 3.8) is 0 Å². The van der Waals surface area contributed by atoms with Crippen molar-refractivity contribution in [2.45, 2.75) is 352 Å². The summed E-state index contributed by atoms with van der Waals surface area (Å²) >= 11 is 0. The van der Waals surface area contributed by atoms with Crippen molar-refractivity contribution in [1.82, 2.24) is 5.32 Å². The number of amides is 1. The van der Waals surface area contributed by atoms with E-state index >= 15 is 0 Å². The molecule has 1 amide bonds. The summed E-state index contributed by atoms with van der Waals surface area (Å²) in [6, 6.07) is -1.03. The molecule has 6 N–H and O–H groups in total. The van der Waals surface area contributed by atoms with Crippen LogP contribution in [0.1, 0.15) is 303 Å². The molecule has 8 unspecified atom stereocenters. The molecule has 80 heavy (non-hydrogen) atoms. The van der Waals surface area contributed by atoms with Crippen LogP contribution < -0.4 is 5.32 Å². The van der Waals surface area contributed by atoms with E-state index in [0.29, 0.717) is 19.3 Å². The molecule has 1 saturated heterocycles. The summed E-state index contributed by atoms with van der Waals surface area (Å²) in [5, 5.41) is 57.0. The zero-order valence-corrected chi connectivity index (χ0v) is 51.7. The average Bonchev–Trinajstić information content (AvgIpc) is 3.46. The molecule has 0 aliphatic carbocycles. The molecule has 0 bridgehead atoms. The lowest BCUT2D eigenvalue weighted by Gasteiger charge is -2.41. The van der Waals surface area contributed by atoms with E-state index < -0.39 is 67.4 Å². The van der Waals surface area contributed by atoms with Gasteiger partial charge in [-0.1, -0.05) is 274 Å². The number of esters is 1. The largest absolute Gasteiger partial charge is 0.454 e. The van der Waals surface area contributed by atoms with Crippen molar-refractivity contribution in [3.05, 3.63) is 60.8 Å². The number of hydrogen-bond acceptors (Lipinski definition) is 10. The Kier molecular flexibility index (Phi) is 53.5. The molecule has 1 fully saturated rings. The van der Waals surface area contributed by atoms with Gasteiger partial charge in [-0.2, -0.15) is 0 Å². The molecule has 0 aromatic carbocycles. The van der Waals surface area contributed by atoms with E-state index in [1.54, 1.807) is 6.08 Å². The van der Waals surface area contributed by atoms with E-state index in [2.05, 4.69) is 74.7 Å². The third-order valence-electron chi connectivity index (χ3n) is 15.7. The highest BCUT2D eigenvalue weighted by atomic mass is 16.7. The average molecular weight is 1130 g/mol. The molecule has 1 rings (SSSR count). The monoisotopic (exact) mass is 1130 g/mol. The van der Waals surface area contributed by atoms with Crippen LogP contribution in [0.3, 0.4) is 0 Å². The van der Waals surface area contributed by atoms with Crippen LogP contribution in [0, 0.1) is 0 Å². The van der Waals surface area contributed by atoms with Crippen molar-refractivity contribution in [2.24, 2.45) is 0 Å². The fraction of sp³-hybridized carbons (Fsp3) is 0.826. The van der Waals surface area contributed by atoms with Gasteiger partial charge in [0.25, 0.3) is 0 Å². The molecule has 0 radical (unpaired) electrons. The maximum absolute atomic E-state index is 13.5. The first kappa shape index (κ1) is 75.4. The zero-order valence-electron chi connectivity index (χ0n) is 51.7. The SMILES string of the molecule is CC/C=C/C/C=C/CCCCCCCCCC(=O)OC1C(OCC(NC(=O)C(O)CCCCCCCCCCCCCCCCCC/C=C\C/C=C\CCCCC)C(O)/C=C/CCCCCCCCCCC)OC(CO)C(O)C1O. The van der Waals surface area contributed by atoms with Gasteiger partial charge in [-0.25, -0.2) is 0 Å². The molecule has 11 nitrogen and oxygen atoms in total. The Morgan fingerprint density at radius 1 is 0.500 bits per heavy atom. The Labute approximate surface area is 490 Å². The van der Waals surface area contributed by atoms with E-state index in [4.69, 9.17) is 14.2 Å². The molecule has 1 aliphatic rings. The highest BCUT2D eigenvalue weighted by Crippen LogP contribution is 2.26. The Balaban J connectivity index is 2.55. The highest BCUT2D eigenvalue weighted by Gasteiger charge is 2.47. The van der Waals surface area contributed by atoms with Crippen LogP contribution in [0.4, 0.5) is 0 Å². The van der Waals surface area contributed by atoms with Gasteiger partial charge in [0.15, 0.2) is 12.4 Å². The van der Waals surface area contributed by atoms with Crippen LogP contribution in [0.25, 0.3) is 0 Å². The normalized spacial score (nSPS) is 19.1. The number of carbonyl (C=O) groups excluding carboxylic acids is 2. The van der Waals surface area contributed by atoms with E-state index in [0.717, 1.165) is 89.9 Å². The van der Waals surface area contributed by atoms with Gasteiger partial charge in [0.1, 0.15) is 24.4 Å². The topological polar surface area (TPSA) is 175 Å². The summed E-state index contributed by atoms with van der Waals surface area (Å²) in [5.74, 6) is -1.20. The van der Waals surface area contributed by atoms with E-state index in [9.17, 15) is 35.1 Å². The van der Waals surface area contributed by atoms with Crippen molar-refractivity contribution in [2.75, 3.05) is 13.2 Å². The molecular formula is C69H125NO10. The molecule has 0 saturated carbocycles. The van der Waals surface area contributed by atoms with Gasteiger partial charge in [0.05, 0.1) is 25.4 Å². The molecule has 1 heterocycles. The van der Waals surface area contributed by atoms with Gasteiger partial charge in [0, 0.05) is 6.42 Å². The summed E-state index contributed by atoms with van der Waals surface area (Å²) < 4.78 is 17.6. The Morgan fingerprint density at radius 3 is 1.36 bits per heavy atom. The summed E-state index contributed by atoms with van der Waals surface area (Å²) in [6.45, 7) is 5.67. The summed E-state index contributed by atoms with van der Waals surface area (Å²) in [6.07, 6.45) is 61.3. The number of allylic oxidation sites excluding steroid dienone is 9. The van der Waals surface area contributed by atoms with E-state index in [1.807, 2.05) is 6.08 Å². The minimum absolute atomic E-state index is 0.115. The van der Waals surface area contributed by atoms with Gasteiger partial charge in [-0.15, -0.1) is 0 Å².